The van der Waals surface area contributed by atoms with Crippen molar-refractivity contribution in [1.82, 2.24) is 21.1 Å². The number of carbonyl (C=O) groups excluding carboxylic acids is 2. The zero-order chi connectivity index (χ0) is 21.3. The van der Waals surface area contributed by atoms with E-state index in [4.69, 9.17) is 10.6 Å². The summed E-state index contributed by atoms with van der Waals surface area (Å²) in [5.41, 5.74) is 5.49. The van der Waals surface area contributed by atoms with Gasteiger partial charge in [-0.2, -0.15) is 0 Å². The number of rotatable bonds is 9. The van der Waals surface area contributed by atoms with Crippen molar-refractivity contribution in [1.29, 1.82) is 5.41 Å². The average Bonchev–Trinajstić information content (AvgIpc) is 3.19. The van der Waals surface area contributed by atoms with Crippen LogP contribution in [0.5, 0.6) is 0 Å². The lowest BCUT2D eigenvalue weighted by Gasteiger charge is -2.07. The molecule has 1 heterocycles. The SMILES string of the molecule is N=C(NO)c1ccc(CCC(=O)NCC(=O)NCCc2c[nH]c3ccccc23)cc1. The Kier molecular flexibility index (Phi) is 7.18. The molecule has 3 rings (SSSR count). The number of carbonyl (C=O) groups is 2. The zero-order valence-electron chi connectivity index (χ0n) is 16.5. The van der Waals surface area contributed by atoms with Gasteiger partial charge >= 0.3 is 0 Å². The van der Waals surface area contributed by atoms with Gasteiger partial charge in [0.2, 0.25) is 11.8 Å². The molecule has 0 aliphatic heterocycles. The van der Waals surface area contributed by atoms with Gasteiger partial charge in [0.15, 0.2) is 0 Å². The monoisotopic (exact) mass is 407 g/mol. The quantitative estimate of drug-likeness (QED) is 0.184. The molecular weight excluding hydrogens is 382 g/mol. The number of H-pyrrole nitrogens is 1. The lowest BCUT2D eigenvalue weighted by molar-refractivity contribution is -0.126. The van der Waals surface area contributed by atoms with Crippen LogP contribution in [0.4, 0.5) is 0 Å². The van der Waals surface area contributed by atoms with Crippen molar-refractivity contribution in [3.63, 3.8) is 0 Å². The number of fused-ring (bicyclic) bond motifs is 1. The number of hydrogen-bond acceptors (Lipinski definition) is 4. The Hall–Kier alpha value is -3.65. The van der Waals surface area contributed by atoms with Crippen molar-refractivity contribution in [3.8, 4) is 0 Å². The van der Waals surface area contributed by atoms with Crippen molar-refractivity contribution in [2.45, 2.75) is 19.3 Å². The number of para-hydroxylation sites is 1. The number of hydroxylamine groups is 1. The van der Waals surface area contributed by atoms with Crippen molar-refractivity contribution >= 4 is 28.6 Å². The first kappa shape index (κ1) is 21.1. The number of aryl methyl sites for hydroxylation is 1. The molecule has 8 heteroatoms. The van der Waals surface area contributed by atoms with Gasteiger partial charge in [0, 0.05) is 35.6 Å². The number of hydrogen-bond donors (Lipinski definition) is 6. The minimum Gasteiger partial charge on any atom is -0.361 e. The molecule has 6 N–H and O–H groups in total. The first-order chi connectivity index (χ1) is 14.6. The molecule has 2 amide bonds. The molecule has 2 aromatic carbocycles. The molecule has 3 aromatic rings. The maximum atomic E-state index is 12.0. The number of aromatic nitrogens is 1. The van der Waals surface area contributed by atoms with Crippen LogP contribution in [0, 0.1) is 5.41 Å². The van der Waals surface area contributed by atoms with Crippen LogP contribution in [0.3, 0.4) is 0 Å². The fraction of sp³-hybridized carbons (Fsp3) is 0.227. The highest BCUT2D eigenvalue weighted by Gasteiger charge is 2.08. The van der Waals surface area contributed by atoms with Gasteiger partial charge in [0.1, 0.15) is 5.84 Å². The predicted molar refractivity (Wildman–Crippen MR) is 115 cm³/mol. The summed E-state index contributed by atoms with van der Waals surface area (Å²) < 4.78 is 0. The molecule has 0 unspecified atom stereocenters. The van der Waals surface area contributed by atoms with Crippen LogP contribution < -0.4 is 16.1 Å². The Morgan fingerprint density at radius 3 is 2.50 bits per heavy atom. The highest BCUT2D eigenvalue weighted by molar-refractivity contribution is 5.95. The summed E-state index contributed by atoms with van der Waals surface area (Å²) in [4.78, 5) is 27.2. The number of amides is 2. The molecule has 0 bridgehead atoms. The minimum atomic E-state index is -0.220. The molecule has 8 nitrogen and oxygen atoms in total. The normalized spacial score (nSPS) is 10.6. The smallest absolute Gasteiger partial charge is 0.239 e. The van der Waals surface area contributed by atoms with Crippen LogP contribution in [0.2, 0.25) is 0 Å². The van der Waals surface area contributed by atoms with Gasteiger partial charge in [-0.1, -0.05) is 42.5 Å². The molecule has 0 aliphatic rings. The molecule has 156 valence electrons. The Labute approximate surface area is 174 Å². The number of benzene rings is 2. The summed E-state index contributed by atoms with van der Waals surface area (Å²) in [6.45, 7) is 0.450. The number of aromatic amines is 1. The fourth-order valence-electron chi connectivity index (χ4n) is 3.17. The lowest BCUT2D eigenvalue weighted by Crippen LogP contribution is -2.37. The second-order valence-corrected chi connectivity index (χ2v) is 6.92. The summed E-state index contributed by atoms with van der Waals surface area (Å²) >= 11 is 0. The predicted octanol–water partition coefficient (Wildman–Crippen LogP) is 1.88. The van der Waals surface area contributed by atoms with Gasteiger partial charge in [0.25, 0.3) is 0 Å². The molecule has 0 fully saturated rings. The van der Waals surface area contributed by atoms with Crippen LogP contribution >= 0.6 is 0 Å². The second-order valence-electron chi connectivity index (χ2n) is 6.92. The molecule has 30 heavy (non-hydrogen) atoms. The maximum absolute atomic E-state index is 12.0. The van der Waals surface area contributed by atoms with E-state index in [-0.39, 0.29) is 30.6 Å². The van der Waals surface area contributed by atoms with E-state index >= 15 is 0 Å². The third kappa shape index (κ3) is 5.68. The van der Waals surface area contributed by atoms with Gasteiger partial charge in [-0.25, -0.2) is 0 Å². The van der Waals surface area contributed by atoms with Gasteiger partial charge in [-0.05, 0) is 30.0 Å². The highest BCUT2D eigenvalue weighted by atomic mass is 16.5. The van der Waals surface area contributed by atoms with E-state index in [2.05, 4.69) is 15.6 Å². The Morgan fingerprint density at radius 2 is 1.73 bits per heavy atom. The summed E-state index contributed by atoms with van der Waals surface area (Å²) in [6.07, 6.45) is 3.45. The van der Waals surface area contributed by atoms with E-state index in [1.165, 1.54) is 0 Å². The van der Waals surface area contributed by atoms with Gasteiger partial charge in [-0.15, -0.1) is 0 Å². The largest absolute Gasteiger partial charge is 0.361 e. The van der Waals surface area contributed by atoms with Crippen LogP contribution in [-0.4, -0.2) is 40.9 Å². The molecule has 0 aliphatic carbocycles. The maximum Gasteiger partial charge on any atom is 0.239 e. The zero-order valence-corrected chi connectivity index (χ0v) is 16.5. The molecular formula is C22H25N5O3. The van der Waals surface area contributed by atoms with Crippen molar-refractivity contribution in [3.05, 3.63) is 71.4 Å². The van der Waals surface area contributed by atoms with Crippen LogP contribution in [0.15, 0.2) is 54.7 Å². The third-order valence-corrected chi connectivity index (χ3v) is 4.83. The standard InChI is InChI=1S/C22H25N5O3/c23-22(27-30)16-8-5-15(6-9-16)7-10-20(28)26-14-21(29)24-12-11-17-13-25-19-4-2-1-3-18(17)19/h1-6,8-9,13,25,30H,7,10-12,14H2,(H2,23,27)(H,24,29)(H,26,28). The molecule has 0 spiro atoms. The van der Waals surface area contributed by atoms with Crippen molar-refractivity contribution in [2.75, 3.05) is 13.1 Å². The van der Waals surface area contributed by atoms with E-state index in [0.29, 0.717) is 24.9 Å². The fourth-order valence-corrected chi connectivity index (χ4v) is 3.17. The van der Waals surface area contributed by atoms with Gasteiger partial charge < -0.3 is 15.6 Å². The highest BCUT2D eigenvalue weighted by Crippen LogP contribution is 2.17. The number of amidine groups is 1. The molecule has 0 saturated carbocycles. The lowest BCUT2D eigenvalue weighted by atomic mass is 10.1. The van der Waals surface area contributed by atoms with E-state index in [0.717, 1.165) is 22.0 Å². The second kappa shape index (κ2) is 10.2. The van der Waals surface area contributed by atoms with Crippen molar-refractivity contribution < 1.29 is 14.8 Å². The first-order valence-electron chi connectivity index (χ1n) is 9.73. The van der Waals surface area contributed by atoms with E-state index in [1.54, 1.807) is 29.7 Å². The minimum absolute atomic E-state index is 0.0506. The van der Waals surface area contributed by atoms with Crippen LogP contribution in [0.1, 0.15) is 23.1 Å². The Morgan fingerprint density at radius 1 is 0.967 bits per heavy atom. The molecule has 0 saturated heterocycles. The Balaban J connectivity index is 1.34. The van der Waals surface area contributed by atoms with Crippen LogP contribution in [-0.2, 0) is 22.4 Å². The average molecular weight is 407 g/mol. The summed E-state index contributed by atoms with van der Waals surface area (Å²) in [5.74, 6) is -0.506. The third-order valence-electron chi connectivity index (χ3n) is 4.83. The Bertz CT molecular complexity index is 1030. The summed E-state index contributed by atoms with van der Waals surface area (Å²) in [6, 6.07) is 15.0. The number of nitrogens with one attached hydrogen (secondary N) is 5. The van der Waals surface area contributed by atoms with Gasteiger partial charge in [-0.3, -0.25) is 25.7 Å². The van der Waals surface area contributed by atoms with E-state index in [9.17, 15) is 9.59 Å². The van der Waals surface area contributed by atoms with E-state index < -0.39 is 0 Å². The molecule has 1 aromatic heterocycles. The van der Waals surface area contributed by atoms with Crippen molar-refractivity contribution in [2.24, 2.45) is 0 Å². The van der Waals surface area contributed by atoms with E-state index in [1.807, 2.05) is 30.5 Å². The summed E-state index contributed by atoms with van der Waals surface area (Å²) in [7, 11) is 0. The first-order valence-corrected chi connectivity index (χ1v) is 9.73. The van der Waals surface area contributed by atoms with Crippen LogP contribution in [0.25, 0.3) is 10.9 Å². The molecule has 0 radical (unpaired) electrons. The summed E-state index contributed by atoms with van der Waals surface area (Å²) in [5, 5.41) is 22.8. The van der Waals surface area contributed by atoms with Gasteiger partial charge in [0.05, 0.1) is 6.54 Å². The topological polar surface area (TPSA) is 130 Å². The molecule has 0 atom stereocenters.